The van der Waals surface area contributed by atoms with Crippen LogP contribution in [0.4, 0.5) is 13.2 Å². The summed E-state index contributed by atoms with van der Waals surface area (Å²) in [5, 5.41) is 8.31. The summed E-state index contributed by atoms with van der Waals surface area (Å²) in [4.78, 5) is 0. The Morgan fingerprint density at radius 2 is 1.70 bits per heavy atom. The van der Waals surface area contributed by atoms with Crippen molar-refractivity contribution in [1.82, 2.24) is 0 Å². The van der Waals surface area contributed by atoms with Gasteiger partial charge in [-0.2, -0.15) is 13.2 Å². The van der Waals surface area contributed by atoms with E-state index in [9.17, 15) is 13.2 Å². The molecule has 0 saturated heterocycles. The SMILES string of the molecule is CC(C)[C@@H](CO)C(F)(F)F. The highest BCUT2D eigenvalue weighted by Gasteiger charge is 2.40. The normalized spacial score (nSPS) is 15.9. The molecule has 1 nitrogen and oxygen atoms in total. The predicted molar refractivity (Wildman–Crippen MR) is 31.5 cm³/mol. The van der Waals surface area contributed by atoms with Crippen molar-refractivity contribution in [2.75, 3.05) is 6.61 Å². The lowest BCUT2D eigenvalue weighted by Crippen LogP contribution is -2.30. The van der Waals surface area contributed by atoms with E-state index in [1.165, 1.54) is 13.8 Å². The largest absolute Gasteiger partial charge is 0.396 e. The standard InChI is InChI=1S/C6H11F3O/c1-4(2)5(3-10)6(7,8)9/h4-5,10H,3H2,1-2H3/t5-/m1/s1. The van der Waals surface area contributed by atoms with Gasteiger partial charge >= 0.3 is 6.18 Å². The number of hydrogen-bond donors (Lipinski definition) is 1. The zero-order valence-electron chi connectivity index (χ0n) is 5.94. The quantitative estimate of drug-likeness (QED) is 0.646. The lowest BCUT2D eigenvalue weighted by molar-refractivity contribution is -0.195. The second kappa shape index (κ2) is 3.23. The van der Waals surface area contributed by atoms with Crippen LogP contribution in [0.25, 0.3) is 0 Å². The van der Waals surface area contributed by atoms with E-state index in [0.717, 1.165) is 0 Å². The number of aliphatic hydroxyl groups excluding tert-OH is 1. The van der Waals surface area contributed by atoms with Gasteiger partial charge in [0.1, 0.15) is 0 Å². The molecule has 0 heterocycles. The van der Waals surface area contributed by atoms with Gasteiger partial charge < -0.3 is 5.11 Å². The molecule has 1 N–H and O–H groups in total. The van der Waals surface area contributed by atoms with Gasteiger partial charge in [0.2, 0.25) is 0 Å². The summed E-state index contributed by atoms with van der Waals surface area (Å²) in [5.74, 6) is -2.13. The van der Waals surface area contributed by atoms with Crippen LogP contribution in [0.3, 0.4) is 0 Å². The molecule has 0 rings (SSSR count). The van der Waals surface area contributed by atoms with Crippen LogP contribution in [0, 0.1) is 11.8 Å². The molecule has 0 spiro atoms. The summed E-state index contributed by atoms with van der Waals surface area (Å²) in [5.41, 5.74) is 0. The van der Waals surface area contributed by atoms with Gasteiger partial charge in [0, 0.05) is 0 Å². The average Bonchev–Trinajstić information content (AvgIpc) is 1.60. The summed E-state index contributed by atoms with van der Waals surface area (Å²) < 4.78 is 35.4. The molecule has 62 valence electrons. The van der Waals surface area contributed by atoms with Crippen LogP contribution in [0.15, 0.2) is 0 Å². The number of aliphatic hydroxyl groups is 1. The van der Waals surface area contributed by atoms with Crippen molar-refractivity contribution in [3.63, 3.8) is 0 Å². The van der Waals surface area contributed by atoms with Gasteiger partial charge in [0.05, 0.1) is 12.5 Å². The van der Waals surface area contributed by atoms with Crippen molar-refractivity contribution in [2.24, 2.45) is 11.8 Å². The molecule has 0 aromatic heterocycles. The molecule has 0 unspecified atom stereocenters. The van der Waals surface area contributed by atoms with Gasteiger partial charge in [-0.25, -0.2) is 0 Å². The van der Waals surface area contributed by atoms with Crippen LogP contribution in [0.5, 0.6) is 0 Å². The number of halogens is 3. The predicted octanol–water partition coefficient (Wildman–Crippen LogP) is 1.81. The fourth-order valence-electron chi connectivity index (χ4n) is 0.692. The van der Waals surface area contributed by atoms with Gasteiger partial charge in [-0.1, -0.05) is 13.8 Å². The first-order valence-electron chi connectivity index (χ1n) is 3.07. The Labute approximate surface area is 57.9 Å². The Morgan fingerprint density at radius 1 is 1.30 bits per heavy atom. The highest BCUT2D eigenvalue weighted by atomic mass is 19.4. The number of alkyl halides is 3. The molecule has 0 aliphatic rings. The van der Waals surface area contributed by atoms with E-state index in [1.807, 2.05) is 0 Å². The van der Waals surface area contributed by atoms with Crippen LogP contribution in [-0.4, -0.2) is 17.9 Å². The van der Waals surface area contributed by atoms with E-state index < -0.39 is 24.6 Å². The van der Waals surface area contributed by atoms with Gasteiger partial charge in [-0.05, 0) is 5.92 Å². The van der Waals surface area contributed by atoms with Crippen molar-refractivity contribution in [1.29, 1.82) is 0 Å². The van der Waals surface area contributed by atoms with E-state index in [-0.39, 0.29) is 0 Å². The molecule has 10 heavy (non-hydrogen) atoms. The molecule has 0 fully saturated rings. The third kappa shape index (κ3) is 2.56. The van der Waals surface area contributed by atoms with E-state index in [0.29, 0.717) is 0 Å². The molecule has 0 amide bonds. The molecule has 1 atom stereocenters. The Bertz CT molecular complexity index is 97.7. The van der Waals surface area contributed by atoms with Crippen LogP contribution in [0.1, 0.15) is 13.8 Å². The molecule has 0 radical (unpaired) electrons. The highest BCUT2D eigenvalue weighted by Crippen LogP contribution is 2.31. The minimum atomic E-state index is -4.26. The maximum Gasteiger partial charge on any atom is 0.394 e. The second-order valence-corrected chi connectivity index (χ2v) is 2.57. The van der Waals surface area contributed by atoms with Crippen LogP contribution < -0.4 is 0 Å². The Kier molecular flexibility index (Phi) is 3.15. The first-order chi connectivity index (χ1) is 4.39. The summed E-state index contributed by atoms with van der Waals surface area (Å²) in [6, 6.07) is 0. The maximum absolute atomic E-state index is 11.8. The summed E-state index contributed by atoms with van der Waals surface area (Å²) in [6.07, 6.45) is -4.26. The smallest absolute Gasteiger partial charge is 0.394 e. The van der Waals surface area contributed by atoms with E-state index in [2.05, 4.69) is 0 Å². The molecule has 0 aliphatic heterocycles. The number of rotatable bonds is 2. The first-order valence-corrected chi connectivity index (χ1v) is 3.07. The Balaban J connectivity index is 4.07. The highest BCUT2D eigenvalue weighted by molar-refractivity contribution is 4.69. The molecule has 0 saturated carbocycles. The molecule has 0 aliphatic carbocycles. The van der Waals surface area contributed by atoms with Gasteiger partial charge in [0.15, 0.2) is 0 Å². The minimum absolute atomic E-state index is 0.551. The van der Waals surface area contributed by atoms with Gasteiger partial charge in [-0.3, -0.25) is 0 Å². The topological polar surface area (TPSA) is 20.2 Å². The van der Waals surface area contributed by atoms with Crippen molar-refractivity contribution in [2.45, 2.75) is 20.0 Å². The van der Waals surface area contributed by atoms with E-state index in [4.69, 9.17) is 5.11 Å². The number of hydrogen-bond acceptors (Lipinski definition) is 1. The van der Waals surface area contributed by atoms with Crippen molar-refractivity contribution in [3.8, 4) is 0 Å². The fraction of sp³-hybridized carbons (Fsp3) is 1.00. The van der Waals surface area contributed by atoms with E-state index >= 15 is 0 Å². The molecule has 0 aromatic rings. The molecule has 0 bridgehead atoms. The molecule has 0 aromatic carbocycles. The van der Waals surface area contributed by atoms with Crippen molar-refractivity contribution in [3.05, 3.63) is 0 Å². The third-order valence-corrected chi connectivity index (χ3v) is 1.42. The summed E-state index contributed by atoms with van der Waals surface area (Å²) >= 11 is 0. The Morgan fingerprint density at radius 3 is 1.70 bits per heavy atom. The zero-order valence-corrected chi connectivity index (χ0v) is 5.94. The monoisotopic (exact) mass is 156 g/mol. The Hall–Kier alpha value is -0.250. The lowest BCUT2D eigenvalue weighted by atomic mass is 9.96. The molecular weight excluding hydrogens is 145 g/mol. The van der Waals surface area contributed by atoms with E-state index in [1.54, 1.807) is 0 Å². The fourth-order valence-corrected chi connectivity index (χ4v) is 0.692. The zero-order chi connectivity index (χ0) is 8.36. The van der Waals surface area contributed by atoms with Crippen molar-refractivity contribution >= 4 is 0 Å². The lowest BCUT2D eigenvalue weighted by Gasteiger charge is -2.20. The maximum atomic E-state index is 11.8. The van der Waals surface area contributed by atoms with Crippen LogP contribution in [-0.2, 0) is 0 Å². The molecule has 4 heteroatoms. The minimum Gasteiger partial charge on any atom is -0.396 e. The van der Waals surface area contributed by atoms with Crippen LogP contribution >= 0.6 is 0 Å². The first kappa shape index (κ1) is 9.75. The van der Waals surface area contributed by atoms with Crippen LogP contribution in [0.2, 0.25) is 0 Å². The van der Waals surface area contributed by atoms with Gasteiger partial charge in [-0.15, -0.1) is 0 Å². The average molecular weight is 156 g/mol. The van der Waals surface area contributed by atoms with Gasteiger partial charge in [0.25, 0.3) is 0 Å². The summed E-state index contributed by atoms with van der Waals surface area (Å²) in [6.45, 7) is 2.06. The molecular formula is C6H11F3O. The summed E-state index contributed by atoms with van der Waals surface area (Å²) in [7, 11) is 0. The second-order valence-electron chi connectivity index (χ2n) is 2.57. The third-order valence-electron chi connectivity index (χ3n) is 1.42. The van der Waals surface area contributed by atoms with Crippen molar-refractivity contribution < 1.29 is 18.3 Å².